The van der Waals surface area contributed by atoms with Gasteiger partial charge in [-0.3, -0.25) is 14.6 Å². The van der Waals surface area contributed by atoms with Crippen molar-refractivity contribution in [2.24, 2.45) is 0 Å². The fraction of sp³-hybridized carbons (Fsp3) is 0.417. The summed E-state index contributed by atoms with van der Waals surface area (Å²) in [5.41, 5.74) is 1.73. The number of rotatable bonds is 8. The van der Waals surface area contributed by atoms with Crippen LogP contribution in [-0.2, 0) is 16.0 Å². The summed E-state index contributed by atoms with van der Waals surface area (Å²) in [5.74, 6) is 2.17. The number of methoxy groups -OCH3 is 1. The van der Waals surface area contributed by atoms with Crippen LogP contribution >= 0.6 is 11.3 Å². The first-order chi connectivity index (χ1) is 16.2. The van der Waals surface area contributed by atoms with E-state index in [0.29, 0.717) is 23.2 Å². The number of carbonyl (C=O) groups is 1. The number of anilines is 1. The topological polar surface area (TPSA) is 73.4 Å². The standard InChI is InChI=1S/C24H27N3O5S/c1-29-18-4-6-22-19(15-18)25-24(33-22)27(8-2-7-26-9-11-30-12-10-26)23(28)14-17-3-5-20-21(13-17)32-16-31-20/h3-6,13,15H,2,7-12,14,16H2,1H3. The molecule has 1 amide bonds. The molecule has 0 bridgehead atoms. The monoisotopic (exact) mass is 469 g/mol. The number of hydrogen-bond acceptors (Lipinski definition) is 8. The van der Waals surface area contributed by atoms with Crippen LogP contribution in [0.1, 0.15) is 12.0 Å². The van der Waals surface area contributed by atoms with Crippen LogP contribution < -0.4 is 19.1 Å². The SMILES string of the molecule is COc1ccc2sc(N(CCCN3CCOCC3)C(=O)Cc3ccc4c(c3)OCO4)nc2c1. The van der Waals surface area contributed by atoms with Gasteiger partial charge in [0.25, 0.3) is 0 Å². The number of ether oxygens (including phenoxy) is 4. The number of amides is 1. The lowest BCUT2D eigenvalue weighted by Gasteiger charge is -2.27. The van der Waals surface area contributed by atoms with E-state index in [1.54, 1.807) is 7.11 Å². The predicted molar refractivity (Wildman–Crippen MR) is 127 cm³/mol. The smallest absolute Gasteiger partial charge is 0.233 e. The minimum absolute atomic E-state index is 0.0156. The number of hydrogen-bond donors (Lipinski definition) is 0. The largest absolute Gasteiger partial charge is 0.497 e. The van der Waals surface area contributed by atoms with Gasteiger partial charge in [-0.15, -0.1) is 0 Å². The average molecular weight is 470 g/mol. The normalized spacial score (nSPS) is 15.7. The van der Waals surface area contributed by atoms with Crippen LogP contribution in [0.2, 0.25) is 0 Å². The van der Waals surface area contributed by atoms with Gasteiger partial charge < -0.3 is 18.9 Å². The Hall–Kier alpha value is -2.88. The van der Waals surface area contributed by atoms with Crippen molar-refractivity contribution in [3.63, 3.8) is 0 Å². The van der Waals surface area contributed by atoms with Crippen molar-refractivity contribution in [2.45, 2.75) is 12.8 Å². The second kappa shape index (κ2) is 9.94. The van der Waals surface area contributed by atoms with Gasteiger partial charge in [-0.1, -0.05) is 17.4 Å². The second-order valence-corrected chi connectivity index (χ2v) is 9.06. The number of fused-ring (bicyclic) bond motifs is 2. The molecule has 5 rings (SSSR count). The van der Waals surface area contributed by atoms with E-state index in [4.69, 9.17) is 23.9 Å². The molecular weight excluding hydrogens is 442 g/mol. The summed E-state index contributed by atoms with van der Waals surface area (Å²) >= 11 is 1.53. The van der Waals surface area contributed by atoms with Crippen LogP contribution in [0.4, 0.5) is 5.13 Å². The van der Waals surface area contributed by atoms with Gasteiger partial charge in [0.2, 0.25) is 12.7 Å². The molecule has 1 fully saturated rings. The molecular formula is C24H27N3O5S. The van der Waals surface area contributed by atoms with E-state index in [1.165, 1.54) is 11.3 Å². The quantitative estimate of drug-likeness (QED) is 0.501. The first kappa shape index (κ1) is 21.9. The number of thiazole rings is 1. The van der Waals surface area contributed by atoms with E-state index >= 15 is 0 Å². The fourth-order valence-electron chi connectivity index (χ4n) is 4.06. The zero-order chi connectivity index (χ0) is 22.6. The maximum Gasteiger partial charge on any atom is 0.233 e. The van der Waals surface area contributed by atoms with Crippen molar-refractivity contribution in [1.82, 2.24) is 9.88 Å². The third kappa shape index (κ3) is 5.05. The van der Waals surface area contributed by atoms with E-state index in [1.807, 2.05) is 41.3 Å². The Morgan fingerprint density at radius 3 is 2.85 bits per heavy atom. The highest BCUT2D eigenvalue weighted by Gasteiger charge is 2.22. The van der Waals surface area contributed by atoms with Gasteiger partial charge in [0.05, 0.1) is 37.0 Å². The number of aromatic nitrogens is 1. The molecule has 0 spiro atoms. The molecule has 33 heavy (non-hydrogen) atoms. The first-order valence-corrected chi connectivity index (χ1v) is 11.9. The lowest BCUT2D eigenvalue weighted by atomic mass is 10.1. The van der Waals surface area contributed by atoms with Crippen LogP contribution in [0.25, 0.3) is 10.2 Å². The van der Waals surface area contributed by atoms with Crippen molar-refractivity contribution < 1.29 is 23.7 Å². The zero-order valence-corrected chi connectivity index (χ0v) is 19.4. The summed E-state index contributed by atoms with van der Waals surface area (Å²) in [4.78, 5) is 22.4. The van der Waals surface area contributed by atoms with E-state index in [9.17, 15) is 4.79 Å². The summed E-state index contributed by atoms with van der Waals surface area (Å²) in [7, 11) is 1.64. The molecule has 0 N–H and O–H groups in total. The van der Waals surface area contributed by atoms with Crippen LogP contribution in [0, 0.1) is 0 Å². The molecule has 1 saturated heterocycles. The fourth-order valence-corrected chi connectivity index (χ4v) is 5.05. The summed E-state index contributed by atoms with van der Waals surface area (Å²) in [6, 6.07) is 11.5. The van der Waals surface area contributed by atoms with E-state index < -0.39 is 0 Å². The Labute approximate surface area is 196 Å². The Balaban J connectivity index is 1.34. The summed E-state index contributed by atoms with van der Waals surface area (Å²) in [6.45, 7) is 5.17. The molecule has 8 nitrogen and oxygen atoms in total. The third-order valence-corrected chi connectivity index (χ3v) is 6.93. The molecule has 0 aliphatic carbocycles. The van der Waals surface area contributed by atoms with Crippen LogP contribution in [0.5, 0.6) is 17.2 Å². The summed E-state index contributed by atoms with van der Waals surface area (Å²) < 4.78 is 22.7. The average Bonchev–Trinajstić information content (AvgIpc) is 3.48. The number of nitrogens with zero attached hydrogens (tertiary/aromatic N) is 3. The highest BCUT2D eigenvalue weighted by Crippen LogP contribution is 2.34. The van der Waals surface area contributed by atoms with Crippen LogP contribution in [0.15, 0.2) is 36.4 Å². The molecule has 9 heteroatoms. The minimum atomic E-state index is 0.0156. The molecule has 0 unspecified atom stereocenters. The summed E-state index contributed by atoms with van der Waals surface area (Å²) in [6.07, 6.45) is 1.14. The number of carbonyl (C=O) groups excluding carboxylic acids is 1. The molecule has 2 aromatic carbocycles. The van der Waals surface area contributed by atoms with Crippen molar-refractivity contribution in [2.75, 3.05) is 58.2 Å². The molecule has 0 radical (unpaired) electrons. The highest BCUT2D eigenvalue weighted by molar-refractivity contribution is 7.22. The van der Waals surface area contributed by atoms with Gasteiger partial charge in [-0.2, -0.15) is 0 Å². The van der Waals surface area contributed by atoms with Gasteiger partial charge in [-0.25, -0.2) is 4.98 Å². The minimum Gasteiger partial charge on any atom is -0.497 e. The predicted octanol–water partition coefficient (Wildman–Crippen LogP) is 3.33. The van der Waals surface area contributed by atoms with Crippen molar-refractivity contribution >= 4 is 32.6 Å². The first-order valence-electron chi connectivity index (χ1n) is 11.1. The Morgan fingerprint density at radius 2 is 2.00 bits per heavy atom. The number of morpholine rings is 1. The lowest BCUT2D eigenvalue weighted by Crippen LogP contribution is -2.39. The molecule has 0 atom stereocenters. The van der Waals surface area contributed by atoms with Gasteiger partial charge >= 0.3 is 0 Å². The Kier molecular flexibility index (Phi) is 6.61. The van der Waals surface area contributed by atoms with Gasteiger partial charge in [-0.05, 0) is 36.2 Å². The zero-order valence-electron chi connectivity index (χ0n) is 18.6. The second-order valence-electron chi connectivity index (χ2n) is 8.05. The maximum atomic E-state index is 13.5. The Morgan fingerprint density at radius 1 is 1.15 bits per heavy atom. The lowest BCUT2D eigenvalue weighted by molar-refractivity contribution is -0.118. The number of benzene rings is 2. The molecule has 3 aromatic rings. The molecule has 2 aliphatic rings. The molecule has 174 valence electrons. The van der Waals surface area contributed by atoms with E-state index in [-0.39, 0.29) is 19.1 Å². The Bertz CT molecular complexity index is 1130. The molecule has 1 aromatic heterocycles. The van der Waals surface area contributed by atoms with Crippen LogP contribution in [0.3, 0.4) is 0 Å². The van der Waals surface area contributed by atoms with Crippen molar-refractivity contribution in [3.05, 3.63) is 42.0 Å². The van der Waals surface area contributed by atoms with E-state index in [2.05, 4.69) is 4.90 Å². The maximum absolute atomic E-state index is 13.5. The molecule has 0 saturated carbocycles. The van der Waals surface area contributed by atoms with Crippen LogP contribution in [-0.4, -0.2) is 69.1 Å². The van der Waals surface area contributed by atoms with Gasteiger partial charge in [0.1, 0.15) is 5.75 Å². The molecule has 3 heterocycles. The van der Waals surface area contributed by atoms with Gasteiger partial charge in [0, 0.05) is 32.2 Å². The van der Waals surface area contributed by atoms with E-state index in [0.717, 1.165) is 60.8 Å². The van der Waals surface area contributed by atoms with Gasteiger partial charge in [0.15, 0.2) is 16.6 Å². The van der Waals surface area contributed by atoms with Crippen molar-refractivity contribution in [3.8, 4) is 17.2 Å². The highest BCUT2D eigenvalue weighted by atomic mass is 32.1. The molecule has 2 aliphatic heterocycles. The third-order valence-electron chi connectivity index (χ3n) is 5.87. The van der Waals surface area contributed by atoms with Crippen molar-refractivity contribution in [1.29, 1.82) is 0 Å². The summed E-state index contributed by atoms with van der Waals surface area (Å²) in [5, 5.41) is 0.714.